The molecule has 1 aliphatic carbocycles. The molecule has 3 nitrogen and oxygen atoms in total. The lowest BCUT2D eigenvalue weighted by molar-refractivity contribution is 0.789. The maximum absolute atomic E-state index is 4.34. The van der Waals surface area contributed by atoms with E-state index < -0.39 is 0 Å². The maximum atomic E-state index is 4.34. The number of fused-ring (bicyclic) bond motifs is 2. The Bertz CT molecular complexity index is 452. The third-order valence-electron chi connectivity index (χ3n) is 2.34. The summed E-state index contributed by atoms with van der Waals surface area (Å²) in [6.45, 7) is 0.747. The average Bonchev–Trinajstić information content (AvgIpc) is 2.64. The quantitative estimate of drug-likeness (QED) is 0.498. The Labute approximate surface area is 69.5 Å². The molecule has 3 rings (SSSR count). The van der Waals surface area contributed by atoms with Crippen LogP contribution in [0.3, 0.4) is 0 Å². The summed E-state index contributed by atoms with van der Waals surface area (Å²) in [5.41, 5.74) is 1.15. The zero-order valence-electron chi connectivity index (χ0n) is 6.54. The predicted octanol–water partition coefficient (Wildman–Crippen LogP) is -1.04. The zero-order valence-corrected chi connectivity index (χ0v) is 6.54. The van der Waals surface area contributed by atoms with Crippen molar-refractivity contribution in [1.82, 2.24) is 10.3 Å². The Morgan fingerprint density at radius 1 is 1.50 bits per heavy atom. The van der Waals surface area contributed by atoms with Crippen LogP contribution >= 0.6 is 0 Å². The first-order valence-electron chi connectivity index (χ1n) is 4.08. The Hall–Kier alpha value is -1.35. The van der Waals surface area contributed by atoms with Gasteiger partial charge in [-0.05, 0) is 18.2 Å². The lowest BCUT2D eigenvalue weighted by Gasteiger charge is -2.07. The maximum Gasteiger partial charge on any atom is 0.0896 e. The second-order valence-electron chi connectivity index (χ2n) is 3.08. The standard InChI is InChI=1S/C9H9N3/c1-2-10-7-4-9-8(3-6(1)7)11-5-12-9/h1-4,9-10,12H,5H2. The molecule has 2 N–H and O–H groups in total. The molecule has 0 radical (unpaired) electrons. The van der Waals surface area contributed by atoms with Crippen molar-refractivity contribution in [2.75, 3.05) is 6.67 Å². The predicted molar refractivity (Wildman–Crippen MR) is 48.2 cm³/mol. The molecule has 1 aromatic heterocycles. The molecular formula is C9H9N3. The van der Waals surface area contributed by atoms with Gasteiger partial charge in [-0.3, -0.25) is 10.3 Å². The van der Waals surface area contributed by atoms with Gasteiger partial charge in [0.25, 0.3) is 0 Å². The topological polar surface area (TPSA) is 40.2 Å². The number of aromatic nitrogens is 1. The normalized spacial score (nSPS) is 25.0. The summed E-state index contributed by atoms with van der Waals surface area (Å²) in [6.07, 6.45) is 6.27. The highest BCUT2D eigenvalue weighted by atomic mass is 15.1. The van der Waals surface area contributed by atoms with Gasteiger partial charge in [0, 0.05) is 16.8 Å². The lowest BCUT2D eigenvalue weighted by Crippen LogP contribution is -2.38. The first kappa shape index (κ1) is 6.20. The molecule has 12 heavy (non-hydrogen) atoms. The van der Waals surface area contributed by atoms with E-state index in [1.165, 1.54) is 10.6 Å². The van der Waals surface area contributed by atoms with Crippen molar-refractivity contribution in [1.29, 1.82) is 0 Å². The number of hydrogen-bond donors (Lipinski definition) is 2. The minimum Gasteiger partial charge on any atom is -0.361 e. The number of hydrogen-bond acceptors (Lipinski definition) is 2. The van der Waals surface area contributed by atoms with Gasteiger partial charge in [0.15, 0.2) is 0 Å². The highest BCUT2D eigenvalue weighted by Crippen LogP contribution is 2.01. The molecule has 3 heteroatoms. The van der Waals surface area contributed by atoms with Crippen LogP contribution in [0, 0.1) is 0 Å². The Kier molecular flexibility index (Phi) is 1.07. The fourth-order valence-corrected chi connectivity index (χ4v) is 1.71. The largest absolute Gasteiger partial charge is 0.361 e. The minimum atomic E-state index is 0.330. The van der Waals surface area contributed by atoms with Gasteiger partial charge >= 0.3 is 0 Å². The molecule has 1 aromatic rings. The van der Waals surface area contributed by atoms with Crippen molar-refractivity contribution < 1.29 is 0 Å². The molecule has 60 valence electrons. The van der Waals surface area contributed by atoms with Gasteiger partial charge in [0.1, 0.15) is 0 Å². The highest BCUT2D eigenvalue weighted by Gasteiger charge is 2.18. The van der Waals surface area contributed by atoms with Crippen LogP contribution in [0.2, 0.25) is 0 Å². The summed E-state index contributed by atoms with van der Waals surface area (Å²) >= 11 is 0. The van der Waals surface area contributed by atoms with Crippen molar-refractivity contribution >= 4 is 17.9 Å². The number of aromatic amines is 1. The molecular weight excluding hydrogens is 150 g/mol. The average molecular weight is 159 g/mol. The SMILES string of the molecule is C1=c2cc[nH]c2=CC2NCN=C12. The van der Waals surface area contributed by atoms with Crippen LogP contribution in [-0.2, 0) is 0 Å². The van der Waals surface area contributed by atoms with Crippen molar-refractivity contribution in [3.8, 4) is 0 Å². The molecule has 0 bridgehead atoms. The minimum absolute atomic E-state index is 0.330. The monoisotopic (exact) mass is 159 g/mol. The first-order valence-corrected chi connectivity index (χ1v) is 4.08. The van der Waals surface area contributed by atoms with Crippen molar-refractivity contribution in [2.24, 2.45) is 4.99 Å². The van der Waals surface area contributed by atoms with Crippen LogP contribution in [0.25, 0.3) is 12.2 Å². The van der Waals surface area contributed by atoms with Crippen LogP contribution < -0.4 is 15.9 Å². The van der Waals surface area contributed by atoms with Gasteiger partial charge in [-0.15, -0.1) is 0 Å². The summed E-state index contributed by atoms with van der Waals surface area (Å²) in [4.78, 5) is 7.53. The van der Waals surface area contributed by atoms with Crippen molar-refractivity contribution in [3.63, 3.8) is 0 Å². The smallest absolute Gasteiger partial charge is 0.0896 e. The van der Waals surface area contributed by atoms with Crippen LogP contribution in [0.4, 0.5) is 0 Å². The second kappa shape index (κ2) is 2.08. The van der Waals surface area contributed by atoms with E-state index in [1.807, 2.05) is 6.20 Å². The first-order chi connectivity index (χ1) is 5.93. The van der Waals surface area contributed by atoms with Crippen LogP contribution in [0.1, 0.15) is 0 Å². The molecule has 2 heterocycles. The fourth-order valence-electron chi connectivity index (χ4n) is 1.71. The molecule has 0 amide bonds. The number of nitrogens with zero attached hydrogens (tertiary/aromatic N) is 1. The lowest BCUT2D eigenvalue weighted by atomic mass is 10.1. The number of H-pyrrole nitrogens is 1. The number of nitrogens with one attached hydrogen (secondary N) is 2. The van der Waals surface area contributed by atoms with Crippen molar-refractivity contribution in [3.05, 3.63) is 22.8 Å². The number of aliphatic imine (C=N–C) groups is 1. The molecule has 0 saturated carbocycles. The van der Waals surface area contributed by atoms with Gasteiger partial charge < -0.3 is 4.98 Å². The molecule has 0 spiro atoms. The van der Waals surface area contributed by atoms with Crippen LogP contribution in [0.15, 0.2) is 17.3 Å². The van der Waals surface area contributed by atoms with Crippen LogP contribution in [-0.4, -0.2) is 23.4 Å². The molecule has 0 fully saturated rings. The molecule has 1 atom stereocenters. The van der Waals surface area contributed by atoms with E-state index in [4.69, 9.17) is 0 Å². The van der Waals surface area contributed by atoms with Gasteiger partial charge in [-0.25, -0.2) is 0 Å². The van der Waals surface area contributed by atoms with Gasteiger partial charge in [0.2, 0.25) is 0 Å². The summed E-state index contributed by atoms with van der Waals surface area (Å²) in [5, 5.41) is 5.73. The molecule has 2 aliphatic rings. The van der Waals surface area contributed by atoms with E-state index in [1.54, 1.807) is 0 Å². The second-order valence-corrected chi connectivity index (χ2v) is 3.08. The van der Waals surface area contributed by atoms with E-state index in [0.717, 1.165) is 12.4 Å². The molecule has 0 aromatic carbocycles. The Morgan fingerprint density at radius 2 is 2.50 bits per heavy atom. The van der Waals surface area contributed by atoms with Crippen molar-refractivity contribution in [2.45, 2.75) is 6.04 Å². The summed E-state index contributed by atoms with van der Waals surface area (Å²) in [6, 6.07) is 2.40. The highest BCUT2D eigenvalue weighted by molar-refractivity contribution is 6.17. The van der Waals surface area contributed by atoms with Gasteiger partial charge in [-0.1, -0.05) is 0 Å². The molecule has 1 aliphatic heterocycles. The summed E-state index contributed by atoms with van der Waals surface area (Å²) in [7, 11) is 0. The van der Waals surface area contributed by atoms with E-state index in [0.29, 0.717) is 6.04 Å². The summed E-state index contributed by atoms with van der Waals surface area (Å²) in [5.74, 6) is 0. The fraction of sp³-hybridized carbons (Fsp3) is 0.222. The Balaban J connectivity index is 2.35. The molecule has 0 saturated heterocycles. The van der Waals surface area contributed by atoms with E-state index in [9.17, 15) is 0 Å². The van der Waals surface area contributed by atoms with E-state index in [2.05, 4.69) is 33.5 Å². The zero-order chi connectivity index (χ0) is 7.97. The third-order valence-corrected chi connectivity index (χ3v) is 2.34. The number of rotatable bonds is 0. The van der Waals surface area contributed by atoms with E-state index in [-0.39, 0.29) is 0 Å². The van der Waals surface area contributed by atoms with Crippen LogP contribution in [0.5, 0.6) is 0 Å². The molecule has 1 unspecified atom stereocenters. The third kappa shape index (κ3) is 0.713. The van der Waals surface area contributed by atoms with Gasteiger partial charge in [0.05, 0.1) is 18.4 Å². The Morgan fingerprint density at radius 3 is 3.50 bits per heavy atom. The summed E-state index contributed by atoms with van der Waals surface area (Å²) < 4.78 is 0. The van der Waals surface area contributed by atoms with Gasteiger partial charge in [-0.2, -0.15) is 0 Å². The van der Waals surface area contributed by atoms with E-state index >= 15 is 0 Å².